The monoisotopic (exact) mass is 275 g/mol. The molecule has 1 aromatic carbocycles. The first-order valence-corrected chi connectivity index (χ1v) is 7.83. The fraction of sp³-hybridized carbons (Fsp3) is 0.647. The molecule has 0 aromatic heterocycles. The Balaban J connectivity index is 1.75. The summed E-state index contributed by atoms with van der Waals surface area (Å²) in [5, 5.41) is 10.7. The Morgan fingerprint density at radius 2 is 1.85 bits per heavy atom. The highest BCUT2D eigenvalue weighted by Crippen LogP contribution is 2.34. The lowest BCUT2D eigenvalue weighted by atomic mass is 9.83. The van der Waals surface area contributed by atoms with Crippen LogP contribution in [0.2, 0.25) is 0 Å². The van der Waals surface area contributed by atoms with Crippen LogP contribution >= 0.6 is 0 Å². The van der Waals surface area contributed by atoms with Crippen LogP contribution in [0.25, 0.3) is 0 Å². The van der Waals surface area contributed by atoms with Gasteiger partial charge in [0.05, 0.1) is 13.2 Å². The van der Waals surface area contributed by atoms with E-state index in [2.05, 4.69) is 17.0 Å². The number of β-amino-alcohol motifs (C(OH)–C–C–N with tert-alkyl or cyclic N) is 1. The largest absolute Gasteiger partial charge is 0.361 e. The Morgan fingerprint density at radius 3 is 2.50 bits per heavy atom. The summed E-state index contributed by atoms with van der Waals surface area (Å²) >= 11 is 0. The van der Waals surface area contributed by atoms with Crippen LogP contribution < -0.4 is 0 Å². The summed E-state index contributed by atoms with van der Waals surface area (Å²) in [5.74, 6) is -0.430. The summed E-state index contributed by atoms with van der Waals surface area (Å²) in [6.45, 7) is 2.00. The Bertz CT molecular complexity index is 439. The molecular formula is C17H25NO2. The zero-order chi connectivity index (χ0) is 14.0. The Kier molecular flexibility index (Phi) is 4.11. The minimum absolute atomic E-state index is 0.537. The SMILES string of the molecule is CN1CCOC(O)(c2ccc(C3CCCCC3)cc2)C1. The molecular weight excluding hydrogens is 250 g/mol. The number of morpholine rings is 1. The summed E-state index contributed by atoms with van der Waals surface area (Å²) < 4.78 is 5.62. The smallest absolute Gasteiger partial charge is 0.205 e. The molecule has 0 radical (unpaired) electrons. The summed E-state index contributed by atoms with van der Waals surface area (Å²) in [6.07, 6.45) is 6.70. The minimum Gasteiger partial charge on any atom is -0.361 e. The van der Waals surface area contributed by atoms with Crippen molar-refractivity contribution in [2.24, 2.45) is 0 Å². The highest BCUT2D eigenvalue weighted by molar-refractivity contribution is 5.29. The Morgan fingerprint density at radius 1 is 1.15 bits per heavy atom. The van der Waals surface area contributed by atoms with Gasteiger partial charge in [-0.05, 0) is 31.4 Å². The Hall–Kier alpha value is -0.900. The molecule has 1 unspecified atom stereocenters. The van der Waals surface area contributed by atoms with Crippen molar-refractivity contribution in [1.29, 1.82) is 0 Å². The predicted molar refractivity (Wildman–Crippen MR) is 79.6 cm³/mol. The lowest BCUT2D eigenvalue weighted by Crippen LogP contribution is -2.48. The van der Waals surface area contributed by atoms with Crippen LogP contribution in [0, 0.1) is 0 Å². The van der Waals surface area contributed by atoms with Gasteiger partial charge in [-0.15, -0.1) is 0 Å². The number of aliphatic hydroxyl groups is 1. The molecule has 3 nitrogen and oxygen atoms in total. The summed E-state index contributed by atoms with van der Waals surface area (Å²) in [5.41, 5.74) is 2.30. The van der Waals surface area contributed by atoms with E-state index >= 15 is 0 Å². The quantitative estimate of drug-likeness (QED) is 0.901. The molecule has 1 atom stereocenters. The third-order valence-electron chi connectivity index (χ3n) is 4.74. The third kappa shape index (κ3) is 2.90. The first-order valence-electron chi connectivity index (χ1n) is 7.83. The Labute approximate surface area is 121 Å². The van der Waals surface area contributed by atoms with Gasteiger partial charge in [-0.25, -0.2) is 0 Å². The average molecular weight is 275 g/mol. The van der Waals surface area contributed by atoms with Crippen LogP contribution in [0.15, 0.2) is 24.3 Å². The number of hydrogen-bond acceptors (Lipinski definition) is 3. The van der Waals surface area contributed by atoms with Crippen molar-refractivity contribution < 1.29 is 9.84 Å². The van der Waals surface area contributed by atoms with Gasteiger partial charge in [0.1, 0.15) is 0 Å². The van der Waals surface area contributed by atoms with Crippen molar-refractivity contribution in [3.8, 4) is 0 Å². The molecule has 0 bridgehead atoms. The van der Waals surface area contributed by atoms with E-state index in [4.69, 9.17) is 4.74 Å². The van der Waals surface area contributed by atoms with Crippen molar-refractivity contribution in [3.63, 3.8) is 0 Å². The van der Waals surface area contributed by atoms with Gasteiger partial charge in [0, 0.05) is 12.1 Å². The van der Waals surface area contributed by atoms with Crippen LogP contribution in [0.3, 0.4) is 0 Å². The summed E-state index contributed by atoms with van der Waals surface area (Å²) in [4.78, 5) is 2.11. The molecule has 1 aromatic rings. The molecule has 1 saturated heterocycles. The molecule has 1 aliphatic carbocycles. The van der Waals surface area contributed by atoms with Crippen molar-refractivity contribution in [3.05, 3.63) is 35.4 Å². The molecule has 1 N–H and O–H groups in total. The fourth-order valence-electron chi connectivity index (χ4n) is 3.49. The zero-order valence-electron chi connectivity index (χ0n) is 12.3. The maximum absolute atomic E-state index is 10.7. The maximum Gasteiger partial charge on any atom is 0.205 e. The van der Waals surface area contributed by atoms with E-state index in [-0.39, 0.29) is 0 Å². The van der Waals surface area contributed by atoms with Gasteiger partial charge in [0.15, 0.2) is 0 Å². The van der Waals surface area contributed by atoms with Crippen molar-refractivity contribution in [2.45, 2.75) is 43.8 Å². The van der Waals surface area contributed by atoms with E-state index in [0.29, 0.717) is 19.1 Å². The molecule has 20 heavy (non-hydrogen) atoms. The number of nitrogens with zero attached hydrogens (tertiary/aromatic N) is 1. The lowest BCUT2D eigenvalue weighted by molar-refractivity contribution is -0.245. The second-order valence-corrected chi connectivity index (χ2v) is 6.33. The van der Waals surface area contributed by atoms with Crippen molar-refractivity contribution >= 4 is 0 Å². The van der Waals surface area contributed by atoms with Crippen LogP contribution in [-0.4, -0.2) is 36.8 Å². The van der Waals surface area contributed by atoms with E-state index < -0.39 is 5.79 Å². The maximum atomic E-state index is 10.7. The highest BCUT2D eigenvalue weighted by atomic mass is 16.6. The van der Waals surface area contributed by atoms with Crippen LogP contribution in [0.4, 0.5) is 0 Å². The fourth-order valence-corrected chi connectivity index (χ4v) is 3.49. The van der Waals surface area contributed by atoms with Crippen LogP contribution in [0.5, 0.6) is 0 Å². The molecule has 3 heteroatoms. The number of ether oxygens (including phenoxy) is 1. The van der Waals surface area contributed by atoms with Gasteiger partial charge in [0.25, 0.3) is 0 Å². The van der Waals surface area contributed by atoms with Gasteiger partial charge in [-0.2, -0.15) is 0 Å². The highest BCUT2D eigenvalue weighted by Gasteiger charge is 2.35. The molecule has 110 valence electrons. The molecule has 0 amide bonds. The van der Waals surface area contributed by atoms with Crippen LogP contribution in [-0.2, 0) is 10.5 Å². The topological polar surface area (TPSA) is 32.7 Å². The molecule has 1 saturated carbocycles. The third-order valence-corrected chi connectivity index (χ3v) is 4.74. The second-order valence-electron chi connectivity index (χ2n) is 6.33. The number of benzene rings is 1. The summed E-state index contributed by atoms with van der Waals surface area (Å²) in [6, 6.07) is 8.45. The molecule has 1 aliphatic heterocycles. The molecule has 2 fully saturated rings. The second kappa shape index (κ2) is 5.84. The van der Waals surface area contributed by atoms with Crippen molar-refractivity contribution in [1.82, 2.24) is 4.90 Å². The van der Waals surface area contributed by atoms with Gasteiger partial charge in [-0.3, -0.25) is 4.90 Å². The van der Waals surface area contributed by atoms with Gasteiger partial charge in [0.2, 0.25) is 5.79 Å². The molecule has 1 heterocycles. The molecule has 3 rings (SSSR count). The first-order chi connectivity index (χ1) is 9.67. The average Bonchev–Trinajstić information content (AvgIpc) is 2.48. The standard InChI is InChI=1S/C17H25NO2/c1-18-11-12-20-17(19,13-18)16-9-7-15(8-10-16)14-5-3-2-4-6-14/h7-10,14,19H,2-6,11-13H2,1H3. The van der Waals surface area contributed by atoms with Gasteiger partial charge >= 0.3 is 0 Å². The van der Waals surface area contributed by atoms with Gasteiger partial charge in [-0.1, -0.05) is 43.5 Å². The predicted octanol–water partition coefficient (Wildman–Crippen LogP) is 2.84. The van der Waals surface area contributed by atoms with Crippen molar-refractivity contribution in [2.75, 3.05) is 26.7 Å². The van der Waals surface area contributed by atoms with Gasteiger partial charge < -0.3 is 9.84 Å². The van der Waals surface area contributed by atoms with Crippen LogP contribution in [0.1, 0.15) is 49.1 Å². The van der Waals surface area contributed by atoms with E-state index in [1.807, 2.05) is 19.2 Å². The minimum atomic E-state index is -1.14. The number of rotatable bonds is 2. The summed E-state index contributed by atoms with van der Waals surface area (Å²) in [7, 11) is 2.02. The van der Waals surface area contributed by atoms with E-state index in [1.54, 1.807) is 0 Å². The lowest BCUT2D eigenvalue weighted by Gasteiger charge is -2.37. The van der Waals surface area contributed by atoms with E-state index in [9.17, 15) is 5.11 Å². The van der Waals surface area contributed by atoms with E-state index in [1.165, 1.54) is 37.7 Å². The number of hydrogen-bond donors (Lipinski definition) is 1. The zero-order valence-corrected chi connectivity index (χ0v) is 12.3. The first kappa shape index (κ1) is 14.1. The normalized spacial score (nSPS) is 29.5. The number of likely N-dealkylation sites (N-methyl/N-ethyl adjacent to an activating group) is 1. The van der Waals surface area contributed by atoms with E-state index in [0.717, 1.165) is 12.1 Å². The molecule has 2 aliphatic rings. The molecule has 0 spiro atoms.